The van der Waals surface area contributed by atoms with Crippen LogP contribution in [-0.2, 0) is 23.8 Å². The van der Waals surface area contributed by atoms with Crippen molar-refractivity contribution in [2.24, 2.45) is 5.92 Å². The topological polar surface area (TPSA) is 123 Å². The lowest BCUT2D eigenvalue weighted by atomic mass is 9.99. The minimum Gasteiger partial charge on any atom is -0.467 e. The lowest BCUT2D eigenvalue weighted by Gasteiger charge is -2.30. The first kappa shape index (κ1) is 28.5. The Morgan fingerprint density at radius 1 is 0.970 bits per heavy atom. The number of likely N-dealkylation sites (tertiary alicyclic amines) is 1. The van der Waals surface area contributed by atoms with Crippen LogP contribution in [0.3, 0.4) is 0 Å². The lowest BCUT2D eigenvalue weighted by Crippen LogP contribution is -2.58. The number of unbranched alkanes of at least 4 members (excludes halogenated alkanes) is 1. The van der Waals surface area contributed by atoms with Crippen LogP contribution in [0, 0.1) is 5.92 Å². The van der Waals surface area contributed by atoms with Crippen molar-refractivity contribution in [3.8, 4) is 0 Å². The Balaban J connectivity index is 2.55. The van der Waals surface area contributed by atoms with Crippen LogP contribution in [0.25, 0.3) is 0 Å². The molecule has 0 spiro atoms. The highest BCUT2D eigenvalue weighted by molar-refractivity contribution is 5.88. The predicted octanol–water partition coefficient (Wildman–Crippen LogP) is 2.99. The Bertz CT molecular complexity index is 712. The number of esters is 1. The van der Waals surface area contributed by atoms with Crippen LogP contribution in [-0.4, -0.2) is 72.4 Å². The number of nitrogens with one attached hydrogen (secondary N) is 2. The van der Waals surface area contributed by atoms with Gasteiger partial charge < -0.3 is 29.7 Å². The Hall–Kier alpha value is -2.52. The van der Waals surface area contributed by atoms with Gasteiger partial charge in [0.15, 0.2) is 5.54 Å². The zero-order chi connectivity index (χ0) is 25.4. The van der Waals surface area contributed by atoms with E-state index in [0.717, 1.165) is 6.42 Å². The van der Waals surface area contributed by atoms with E-state index in [1.807, 2.05) is 6.92 Å². The van der Waals surface area contributed by atoms with Gasteiger partial charge in [0.25, 0.3) is 0 Å². The molecule has 0 aliphatic carbocycles. The fourth-order valence-corrected chi connectivity index (χ4v) is 3.53. The molecule has 0 aromatic rings. The van der Waals surface area contributed by atoms with Gasteiger partial charge >= 0.3 is 18.2 Å². The Morgan fingerprint density at radius 2 is 1.55 bits per heavy atom. The summed E-state index contributed by atoms with van der Waals surface area (Å²) >= 11 is 0. The largest absolute Gasteiger partial charge is 0.467 e. The van der Waals surface area contributed by atoms with Crippen LogP contribution >= 0.6 is 0 Å². The summed E-state index contributed by atoms with van der Waals surface area (Å²) in [6, 6.07) is 0. The first-order chi connectivity index (χ1) is 15.1. The zero-order valence-corrected chi connectivity index (χ0v) is 21.3. The van der Waals surface area contributed by atoms with Gasteiger partial charge in [-0.15, -0.1) is 0 Å². The monoisotopic (exact) mass is 471 g/mol. The summed E-state index contributed by atoms with van der Waals surface area (Å²) in [5.41, 5.74) is -2.59. The maximum absolute atomic E-state index is 12.9. The third-order valence-corrected chi connectivity index (χ3v) is 5.05. The number of hydrogen-bond donors (Lipinski definition) is 2. The standard InChI is InChI=1S/C23H41N3O7/c1-16(11-9-10-13-24-19(29)32-21(2,3)4)17(27)26-14-12-23(15-26,18(28)31-8)25-20(30)33-22(5,6)7/h16H,9-15H2,1-8H3,(H,24,29)(H,25,30)/t16-,23?/m1/s1. The Kier molecular flexibility index (Phi) is 9.99. The molecule has 10 nitrogen and oxygen atoms in total. The van der Waals surface area contributed by atoms with Gasteiger partial charge in [-0.2, -0.15) is 0 Å². The molecule has 2 N–H and O–H groups in total. The van der Waals surface area contributed by atoms with Crippen molar-refractivity contribution in [1.29, 1.82) is 0 Å². The van der Waals surface area contributed by atoms with Crippen molar-refractivity contribution in [3.05, 3.63) is 0 Å². The van der Waals surface area contributed by atoms with E-state index >= 15 is 0 Å². The highest BCUT2D eigenvalue weighted by atomic mass is 16.6. The molecule has 1 unspecified atom stereocenters. The highest BCUT2D eigenvalue weighted by Gasteiger charge is 2.49. The van der Waals surface area contributed by atoms with E-state index in [1.54, 1.807) is 46.4 Å². The number of ether oxygens (including phenoxy) is 3. The van der Waals surface area contributed by atoms with E-state index in [9.17, 15) is 19.2 Å². The zero-order valence-electron chi connectivity index (χ0n) is 21.3. The molecule has 0 aromatic heterocycles. The second-order valence-electron chi connectivity index (χ2n) is 10.5. The SMILES string of the molecule is COC(=O)C1(NC(=O)OC(C)(C)C)CCN(C(=O)[C@H](C)CCCCNC(=O)OC(C)(C)C)C1. The van der Waals surface area contributed by atoms with Crippen LogP contribution < -0.4 is 10.6 Å². The van der Waals surface area contributed by atoms with Crippen LogP contribution in [0.5, 0.6) is 0 Å². The molecule has 1 heterocycles. The van der Waals surface area contributed by atoms with Gasteiger partial charge in [-0.05, 0) is 54.4 Å². The third-order valence-electron chi connectivity index (χ3n) is 5.05. The molecule has 190 valence electrons. The Labute approximate surface area is 197 Å². The van der Waals surface area contributed by atoms with Crippen LogP contribution in [0.15, 0.2) is 0 Å². The van der Waals surface area contributed by atoms with E-state index in [1.165, 1.54) is 7.11 Å². The molecule has 3 amide bonds. The average molecular weight is 472 g/mol. The molecule has 0 saturated carbocycles. The van der Waals surface area contributed by atoms with E-state index in [0.29, 0.717) is 25.9 Å². The third kappa shape index (κ3) is 9.88. The van der Waals surface area contributed by atoms with Crippen LogP contribution in [0.4, 0.5) is 9.59 Å². The number of alkyl carbamates (subject to hydrolysis) is 2. The molecule has 10 heteroatoms. The first-order valence-electron chi connectivity index (χ1n) is 11.4. The molecule has 0 bridgehead atoms. The minimum absolute atomic E-state index is 0.0300. The molecular weight excluding hydrogens is 430 g/mol. The number of methoxy groups -OCH3 is 1. The van der Waals surface area contributed by atoms with Crippen LogP contribution in [0.2, 0.25) is 0 Å². The number of hydrogen-bond acceptors (Lipinski definition) is 7. The molecular formula is C23H41N3O7. The summed E-state index contributed by atoms with van der Waals surface area (Å²) in [4.78, 5) is 50.9. The van der Waals surface area contributed by atoms with Crippen molar-refractivity contribution in [1.82, 2.24) is 15.5 Å². The first-order valence-corrected chi connectivity index (χ1v) is 11.4. The van der Waals surface area contributed by atoms with Gasteiger partial charge in [0, 0.05) is 25.4 Å². The summed E-state index contributed by atoms with van der Waals surface area (Å²) in [7, 11) is 1.25. The lowest BCUT2D eigenvalue weighted by molar-refractivity contribution is -0.148. The minimum atomic E-state index is -1.33. The quantitative estimate of drug-likeness (QED) is 0.317. The summed E-state index contributed by atoms with van der Waals surface area (Å²) in [5, 5.41) is 5.33. The summed E-state index contributed by atoms with van der Waals surface area (Å²) < 4.78 is 15.4. The fraction of sp³-hybridized carbons (Fsp3) is 0.826. The van der Waals surface area contributed by atoms with Crippen molar-refractivity contribution < 1.29 is 33.4 Å². The normalized spacial score (nSPS) is 19.5. The van der Waals surface area contributed by atoms with Crippen molar-refractivity contribution in [3.63, 3.8) is 0 Å². The summed E-state index contributed by atoms with van der Waals surface area (Å²) in [6.45, 7) is 13.2. The van der Waals surface area contributed by atoms with Gasteiger partial charge in [0.1, 0.15) is 11.2 Å². The van der Waals surface area contributed by atoms with E-state index < -0.39 is 34.9 Å². The number of carbonyl (C=O) groups excluding carboxylic acids is 4. The molecule has 0 radical (unpaired) electrons. The number of nitrogens with zero attached hydrogens (tertiary/aromatic N) is 1. The molecule has 1 rings (SSSR count). The molecule has 1 fully saturated rings. The van der Waals surface area contributed by atoms with Gasteiger partial charge in [-0.25, -0.2) is 14.4 Å². The highest BCUT2D eigenvalue weighted by Crippen LogP contribution is 2.26. The van der Waals surface area contributed by atoms with Crippen molar-refractivity contribution in [2.75, 3.05) is 26.7 Å². The summed E-state index contributed by atoms with van der Waals surface area (Å²) in [5.74, 6) is -0.960. The van der Waals surface area contributed by atoms with Gasteiger partial charge in [0.05, 0.1) is 13.7 Å². The molecule has 2 atom stereocenters. The van der Waals surface area contributed by atoms with Crippen LogP contribution in [0.1, 0.15) is 74.1 Å². The maximum atomic E-state index is 12.9. The molecule has 1 aliphatic heterocycles. The molecule has 1 aliphatic rings. The van der Waals surface area contributed by atoms with E-state index in [-0.39, 0.29) is 24.8 Å². The number of carbonyl (C=O) groups is 4. The van der Waals surface area contributed by atoms with E-state index in [2.05, 4.69) is 10.6 Å². The average Bonchev–Trinajstić information content (AvgIpc) is 3.08. The maximum Gasteiger partial charge on any atom is 0.408 e. The van der Waals surface area contributed by atoms with Crippen molar-refractivity contribution in [2.45, 2.75) is 90.9 Å². The second-order valence-corrected chi connectivity index (χ2v) is 10.5. The fourth-order valence-electron chi connectivity index (χ4n) is 3.53. The second kappa shape index (κ2) is 11.6. The molecule has 1 saturated heterocycles. The smallest absolute Gasteiger partial charge is 0.408 e. The molecule has 0 aromatic carbocycles. The van der Waals surface area contributed by atoms with Crippen molar-refractivity contribution >= 4 is 24.1 Å². The molecule has 33 heavy (non-hydrogen) atoms. The van der Waals surface area contributed by atoms with Gasteiger partial charge in [-0.1, -0.05) is 13.3 Å². The summed E-state index contributed by atoms with van der Waals surface area (Å²) in [6.07, 6.45) is 1.15. The van der Waals surface area contributed by atoms with Gasteiger partial charge in [0.2, 0.25) is 5.91 Å². The predicted molar refractivity (Wildman–Crippen MR) is 123 cm³/mol. The number of rotatable bonds is 8. The number of amides is 3. The Morgan fingerprint density at radius 3 is 2.09 bits per heavy atom. The van der Waals surface area contributed by atoms with E-state index in [4.69, 9.17) is 14.2 Å². The van der Waals surface area contributed by atoms with Gasteiger partial charge in [-0.3, -0.25) is 4.79 Å².